The number of nitrogens with zero attached hydrogens (tertiary/aromatic N) is 2. The Bertz CT molecular complexity index is 355. The molecule has 0 saturated carbocycles. The van der Waals surface area contributed by atoms with Crippen LogP contribution in [0.1, 0.15) is 51.9 Å². The molecule has 0 atom stereocenters. The van der Waals surface area contributed by atoms with Crippen LogP contribution in [0.15, 0.2) is 4.99 Å². The van der Waals surface area contributed by atoms with Crippen molar-refractivity contribution in [3.8, 4) is 0 Å². The third-order valence-corrected chi connectivity index (χ3v) is 4.64. The lowest BCUT2D eigenvalue weighted by Crippen LogP contribution is -2.38. The number of guanidine groups is 1. The van der Waals surface area contributed by atoms with Gasteiger partial charge in [-0.2, -0.15) is 11.8 Å². The molecule has 1 heterocycles. The standard InChI is InChI=1S/C17H34N4OS.HI/c1-3-18-17(19-11-6-8-15-23-2)20-12-9-14-21-13-7-4-5-10-16(21)22;/h3-15H2,1-2H3,(H2,18,19,20);1H. The molecule has 5 nitrogen and oxygen atoms in total. The van der Waals surface area contributed by atoms with Gasteiger partial charge in [0.2, 0.25) is 5.91 Å². The molecular formula is C17H35IN4OS. The molecule has 1 amide bonds. The van der Waals surface area contributed by atoms with Crippen molar-refractivity contribution in [1.29, 1.82) is 0 Å². The Kier molecular flexibility index (Phi) is 16.2. The average Bonchev–Trinajstić information content (AvgIpc) is 2.75. The van der Waals surface area contributed by atoms with Gasteiger partial charge in [0.05, 0.1) is 0 Å². The summed E-state index contributed by atoms with van der Waals surface area (Å²) >= 11 is 1.90. The maximum absolute atomic E-state index is 11.9. The number of likely N-dealkylation sites (tertiary alicyclic amines) is 1. The minimum absolute atomic E-state index is 0. The van der Waals surface area contributed by atoms with E-state index in [9.17, 15) is 4.79 Å². The highest BCUT2D eigenvalue weighted by Crippen LogP contribution is 2.11. The van der Waals surface area contributed by atoms with E-state index in [1.165, 1.54) is 25.0 Å². The largest absolute Gasteiger partial charge is 0.357 e. The number of unbranched alkanes of at least 4 members (excludes halogenated alkanes) is 1. The quantitative estimate of drug-likeness (QED) is 0.223. The molecule has 2 N–H and O–H groups in total. The van der Waals surface area contributed by atoms with Crippen LogP contribution in [0.25, 0.3) is 0 Å². The van der Waals surface area contributed by atoms with Gasteiger partial charge in [0.25, 0.3) is 0 Å². The minimum Gasteiger partial charge on any atom is -0.357 e. The zero-order chi connectivity index (χ0) is 16.8. The van der Waals surface area contributed by atoms with E-state index in [0.29, 0.717) is 5.91 Å². The Hall–Kier alpha value is -0.180. The molecule has 24 heavy (non-hydrogen) atoms. The molecule has 1 rings (SSSR count). The fourth-order valence-electron chi connectivity index (χ4n) is 2.65. The van der Waals surface area contributed by atoms with Crippen molar-refractivity contribution in [3.05, 3.63) is 0 Å². The summed E-state index contributed by atoms with van der Waals surface area (Å²) in [5.74, 6) is 2.45. The van der Waals surface area contributed by atoms with Crippen LogP contribution in [0.5, 0.6) is 0 Å². The van der Waals surface area contributed by atoms with E-state index in [1.54, 1.807) is 0 Å². The number of halogens is 1. The first-order valence-electron chi connectivity index (χ1n) is 9.06. The lowest BCUT2D eigenvalue weighted by molar-refractivity contribution is -0.130. The van der Waals surface area contributed by atoms with Gasteiger partial charge < -0.3 is 15.5 Å². The second-order valence-corrected chi connectivity index (χ2v) is 6.92. The molecule has 0 unspecified atom stereocenters. The number of hydrogen-bond donors (Lipinski definition) is 2. The van der Waals surface area contributed by atoms with Gasteiger partial charge in [-0.3, -0.25) is 9.79 Å². The number of carbonyl (C=O) groups excluding carboxylic acids is 1. The second kappa shape index (κ2) is 16.3. The summed E-state index contributed by atoms with van der Waals surface area (Å²) in [6.07, 6.45) is 9.61. The highest BCUT2D eigenvalue weighted by atomic mass is 127. The van der Waals surface area contributed by atoms with Crippen LogP contribution in [0, 0.1) is 0 Å². The van der Waals surface area contributed by atoms with Crippen LogP contribution in [0.2, 0.25) is 0 Å². The Morgan fingerprint density at radius 1 is 1.21 bits per heavy atom. The zero-order valence-electron chi connectivity index (χ0n) is 15.3. The van der Waals surface area contributed by atoms with Crippen LogP contribution in [-0.4, -0.2) is 61.5 Å². The number of hydrogen-bond acceptors (Lipinski definition) is 3. The molecular weight excluding hydrogens is 435 g/mol. The predicted molar refractivity (Wildman–Crippen MR) is 117 cm³/mol. The first-order chi connectivity index (χ1) is 11.3. The number of thioether (sulfide) groups is 1. The number of aliphatic imine (C=N–C) groups is 1. The van der Waals surface area contributed by atoms with Crippen molar-refractivity contribution in [1.82, 2.24) is 15.5 Å². The van der Waals surface area contributed by atoms with Crippen LogP contribution in [-0.2, 0) is 4.79 Å². The van der Waals surface area contributed by atoms with E-state index in [4.69, 9.17) is 0 Å². The Balaban J connectivity index is 0.00000529. The summed E-state index contributed by atoms with van der Waals surface area (Å²) in [5.41, 5.74) is 0. The van der Waals surface area contributed by atoms with Crippen molar-refractivity contribution in [2.75, 3.05) is 44.7 Å². The molecule has 0 aromatic heterocycles. The Labute approximate surface area is 169 Å². The van der Waals surface area contributed by atoms with Gasteiger partial charge in [0, 0.05) is 39.1 Å². The summed E-state index contributed by atoms with van der Waals surface area (Å²) in [5, 5.41) is 6.67. The molecule has 7 heteroatoms. The van der Waals surface area contributed by atoms with Gasteiger partial charge in [-0.15, -0.1) is 24.0 Å². The Morgan fingerprint density at radius 3 is 2.79 bits per heavy atom. The van der Waals surface area contributed by atoms with E-state index in [1.807, 2.05) is 16.7 Å². The molecule has 0 spiro atoms. The normalized spacial score (nSPS) is 15.7. The highest BCUT2D eigenvalue weighted by molar-refractivity contribution is 14.0. The molecule has 142 valence electrons. The summed E-state index contributed by atoms with van der Waals surface area (Å²) < 4.78 is 0. The fraction of sp³-hybridized carbons (Fsp3) is 0.882. The molecule has 0 aromatic rings. The van der Waals surface area contributed by atoms with Gasteiger partial charge >= 0.3 is 0 Å². The lowest BCUT2D eigenvalue weighted by Gasteiger charge is -2.20. The molecule has 1 aliphatic heterocycles. The zero-order valence-corrected chi connectivity index (χ0v) is 18.5. The smallest absolute Gasteiger partial charge is 0.222 e. The van der Waals surface area contributed by atoms with E-state index in [-0.39, 0.29) is 24.0 Å². The van der Waals surface area contributed by atoms with Gasteiger partial charge in [0.15, 0.2) is 5.96 Å². The van der Waals surface area contributed by atoms with E-state index in [0.717, 1.165) is 64.4 Å². The molecule has 1 aliphatic rings. The van der Waals surface area contributed by atoms with Crippen molar-refractivity contribution >= 4 is 47.6 Å². The van der Waals surface area contributed by atoms with Gasteiger partial charge in [0.1, 0.15) is 0 Å². The monoisotopic (exact) mass is 470 g/mol. The number of nitrogens with one attached hydrogen (secondary N) is 2. The minimum atomic E-state index is 0. The summed E-state index contributed by atoms with van der Waals surface area (Å²) in [6, 6.07) is 0. The summed E-state index contributed by atoms with van der Waals surface area (Å²) in [4.78, 5) is 18.6. The first kappa shape index (κ1) is 23.8. The van der Waals surface area contributed by atoms with Crippen molar-refractivity contribution < 1.29 is 4.79 Å². The summed E-state index contributed by atoms with van der Waals surface area (Å²) in [7, 11) is 0. The van der Waals surface area contributed by atoms with Crippen LogP contribution in [0.4, 0.5) is 0 Å². The SMILES string of the molecule is CCNC(=NCCCN1CCCCCC1=O)NCCCCSC.I. The van der Waals surface area contributed by atoms with Crippen molar-refractivity contribution in [3.63, 3.8) is 0 Å². The third-order valence-electron chi connectivity index (χ3n) is 3.94. The molecule has 1 fully saturated rings. The lowest BCUT2D eigenvalue weighted by atomic mass is 10.2. The highest BCUT2D eigenvalue weighted by Gasteiger charge is 2.15. The molecule has 1 saturated heterocycles. The maximum Gasteiger partial charge on any atom is 0.222 e. The van der Waals surface area contributed by atoms with Gasteiger partial charge in [-0.1, -0.05) is 6.42 Å². The first-order valence-corrected chi connectivity index (χ1v) is 10.5. The van der Waals surface area contributed by atoms with E-state index >= 15 is 0 Å². The maximum atomic E-state index is 11.9. The second-order valence-electron chi connectivity index (χ2n) is 5.93. The van der Waals surface area contributed by atoms with Gasteiger partial charge in [-0.25, -0.2) is 0 Å². The van der Waals surface area contributed by atoms with E-state index in [2.05, 4.69) is 28.8 Å². The number of amides is 1. The van der Waals surface area contributed by atoms with Crippen LogP contribution in [0.3, 0.4) is 0 Å². The van der Waals surface area contributed by atoms with Gasteiger partial charge in [-0.05, 0) is 51.0 Å². The van der Waals surface area contributed by atoms with E-state index < -0.39 is 0 Å². The van der Waals surface area contributed by atoms with Crippen LogP contribution >= 0.6 is 35.7 Å². The number of rotatable bonds is 10. The fourth-order valence-corrected chi connectivity index (χ4v) is 3.14. The molecule has 0 radical (unpaired) electrons. The topological polar surface area (TPSA) is 56.7 Å². The molecule has 0 aromatic carbocycles. The van der Waals surface area contributed by atoms with Crippen molar-refractivity contribution in [2.45, 2.75) is 51.9 Å². The third kappa shape index (κ3) is 11.4. The predicted octanol–water partition coefficient (Wildman–Crippen LogP) is 3.10. The number of carbonyl (C=O) groups is 1. The van der Waals surface area contributed by atoms with Crippen molar-refractivity contribution in [2.24, 2.45) is 4.99 Å². The molecule has 0 aliphatic carbocycles. The average molecular weight is 470 g/mol. The van der Waals surface area contributed by atoms with Crippen LogP contribution < -0.4 is 10.6 Å². The molecule has 0 bridgehead atoms. The summed E-state index contributed by atoms with van der Waals surface area (Å²) in [6.45, 7) is 6.47. The Morgan fingerprint density at radius 2 is 2.04 bits per heavy atom.